The summed E-state index contributed by atoms with van der Waals surface area (Å²) in [5, 5.41) is 0.502. The first-order chi connectivity index (χ1) is 12.4. The highest BCUT2D eigenvalue weighted by molar-refractivity contribution is 7.89. The molecule has 2 aliphatic rings. The highest BCUT2D eigenvalue weighted by Gasteiger charge is 2.35. The summed E-state index contributed by atoms with van der Waals surface area (Å²) >= 11 is 5.86. The number of sulfonamides is 1. The first-order valence-electron chi connectivity index (χ1n) is 9.18. The first-order valence-corrected chi connectivity index (χ1v) is 11.0. The quantitative estimate of drug-likeness (QED) is 0.775. The van der Waals surface area contributed by atoms with E-state index in [9.17, 15) is 13.2 Å². The van der Waals surface area contributed by atoms with Crippen molar-refractivity contribution in [3.05, 3.63) is 29.3 Å². The smallest absolute Gasteiger partial charge is 0.243 e. The summed E-state index contributed by atoms with van der Waals surface area (Å²) in [7, 11) is -3.59. The summed E-state index contributed by atoms with van der Waals surface area (Å²) in [5.74, 6) is -0.157. The number of piperidine rings is 1. The second kappa shape index (κ2) is 8.25. The molecular formula is C18H26ClN3O3S. The van der Waals surface area contributed by atoms with Crippen molar-refractivity contribution in [3.63, 3.8) is 0 Å². The molecule has 1 amide bonds. The van der Waals surface area contributed by atoms with Crippen LogP contribution in [0.25, 0.3) is 0 Å². The van der Waals surface area contributed by atoms with E-state index >= 15 is 0 Å². The van der Waals surface area contributed by atoms with Crippen molar-refractivity contribution in [2.24, 2.45) is 5.92 Å². The van der Waals surface area contributed by atoms with Gasteiger partial charge in [0.1, 0.15) is 0 Å². The molecule has 2 fully saturated rings. The molecule has 0 bridgehead atoms. The van der Waals surface area contributed by atoms with Crippen LogP contribution in [0.2, 0.25) is 5.02 Å². The van der Waals surface area contributed by atoms with Gasteiger partial charge >= 0.3 is 0 Å². The third kappa shape index (κ3) is 4.22. The molecule has 0 N–H and O–H groups in total. The molecule has 3 rings (SSSR count). The van der Waals surface area contributed by atoms with Gasteiger partial charge < -0.3 is 9.80 Å². The fourth-order valence-corrected chi connectivity index (χ4v) is 5.31. The Morgan fingerprint density at radius 3 is 2.38 bits per heavy atom. The molecule has 2 heterocycles. The van der Waals surface area contributed by atoms with Crippen molar-refractivity contribution < 1.29 is 13.2 Å². The van der Waals surface area contributed by atoms with Crippen LogP contribution in [0.1, 0.15) is 19.8 Å². The van der Waals surface area contributed by atoms with Gasteiger partial charge in [-0.2, -0.15) is 4.31 Å². The van der Waals surface area contributed by atoms with Gasteiger partial charge in [0.05, 0.1) is 10.8 Å². The predicted molar refractivity (Wildman–Crippen MR) is 102 cm³/mol. The highest BCUT2D eigenvalue weighted by Crippen LogP contribution is 2.26. The molecule has 0 unspecified atom stereocenters. The van der Waals surface area contributed by atoms with Crippen LogP contribution in [0.4, 0.5) is 0 Å². The first kappa shape index (κ1) is 19.6. The Kier molecular flexibility index (Phi) is 6.22. The molecule has 0 aliphatic carbocycles. The van der Waals surface area contributed by atoms with Gasteiger partial charge in [0, 0.05) is 44.3 Å². The lowest BCUT2D eigenvalue weighted by atomic mass is 9.98. The maximum absolute atomic E-state index is 12.9. The molecule has 2 aliphatic heterocycles. The number of likely N-dealkylation sites (N-methyl/N-ethyl adjacent to an activating group) is 1. The number of carbonyl (C=O) groups excluding carboxylic acids is 1. The largest absolute Gasteiger partial charge is 0.340 e. The number of benzene rings is 1. The molecule has 144 valence electrons. The second-order valence-electron chi connectivity index (χ2n) is 6.92. The topological polar surface area (TPSA) is 60.9 Å². The Morgan fingerprint density at radius 2 is 1.77 bits per heavy atom. The molecule has 0 radical (unpaired) electrons. The van der Waals surface area contributed by atoms with Crippen LogP contribution in [0.15, 0.2) is 29.2 Å². The molecule has 6 nitrogen and oxygen atoms in total. The molecule has 1 aromatic carbocycles. The number of rotatable bonds is 4. The van der Waals surface area contributed by atoms with E-state index in [1.807, 2.05) is 4.90 Å². The van der Waals surface area contributed by atoms with Gasteiger partial charge in [-0.25, -0.2) is 8.42 Å². The van der Waals surface area contributed by atoms with E-state index < -0.39 is 10.0 Å². The van der Waals surface area contributed by atoms with E-state index in [0.717, 1.165) is 39.1 Å². The zero-order valence-electron chi connectivity index (χ0n) is 15.1. The molecule has 1 atom stereocenters. The van der Waals surface area contributed by atoms with Gasteiger partial charge in [-0.05, 0) is 43.7 Å². The Labute approximate surface area is 160 Å². The van der Waals surface area contributed by atoms with E-state index in [0.29, 0.717) is 18.0 Å². The molecule has 0 spiro atoms. The number of amides is 1. The Morgan fingerprint density at radius 1 is 1.12 bits per heavy atom. The number of piperazine rings is 1. The molecule has 0 aromatic heterocycles. The van der Waals surface area contributed by atoms with E-state index in [4.69, 9.17) is 11.6 Å². The van der Waals surface area contributed by atoms with Gasteiger partial charge in [-0.15, -0.1) is 0 Å². The summed E-state index contributed by atoms with van der Waals surface area (Å²) in [4.78, 5) is 17.3. The van der Waals surface area contributed by atoms with Gasteiger partial charge in [0.25, 0.3) is 0 Å². The number of halogens is 1. The van der Waals surface area contributed by atoms with Crippen LogP contribution < -0.4 is 0 Å². The van der Waals surface area contributed by atoms with Crippen LogP contribution >= 0.6 is 11.6 Å². The van der Waals surface area contributed by atoms with E-state index in [1.54, 1.807) is 12.1 Å². The van der Waals surface area contributed by atoms with E-state index in [1.165, 1.54) is 16.4 Å². The normalized spacial score (nSPS) is 23.2. The van der Waals surface area contributed by atoms with E-state index in [-0.39, 0.29) is 23.3 Å². The summed E-state index contributed by atoms with van der Waals surface area (Å²) in [6.45, 7) is 7.08. The SMILES string of the molecule is CCN1CCN(C(=O)[C@@H]2CCCN(S(=O)(=O)c3ccc(Cl)cc3)C2)CC1. The number of hydrogen-bond donors (Lipinski definition) is 0. The van der Waals surface area contributed by atoms with Crippen molar-refractivity contribution in [1.29, 1.82) is 0 Å². The van der Waals surface area contributed by atoms with Gasteiger partial charge in [-0.3, -0.25) is 4.79 Å². The standard InChI is InChI=1S/C18H26ClN3O3S/c1-2-20-10-12-21(13-11-20)18(23)15-4-3-9-22(14-15)26(24,25)17-7-5-16(19)6-8-17/h5-8,15H,2-4,9-14H2,1H3/t15-/m1/s1. The fraction of sp³-hybridized carbons (Fsp3) is 0.611. The number of nitrogens with zero attached hydrogens (tertiary/aromatic N) is 3. The second-order valence-corrected chi connectivity index (χ2v) is 9.29. The van der Waals surface area contributed by atoms with Gasteiger partial charge in [0.2, 0.25) is 15.9 Å². The fourth-order valence-electron chi connectivity index (χ4n) is 3.66. The third-order valence-electron chi connectivity index (χ3n) is 5.32. The molecular weight excluding hydrogens is 374 g/mol. The zero-order valence-corrected chi connectivity index (χ0v) is 16.7. The van der Waals surface area contributed by atoms with Crippen molar-refractivity contribution >= 4 is 27.5 Å². The minimum absolute atomic E-state index is 0.0942. The van der Waals surface area contributed by atoms with Gasteiger partial charge in [0.15, 0.2) is 0 Å². The van der Waals surface area contributed by atoms with Crippen LogP contribution in [0.5, 0.6) is 0 Å². The summed E-state index contributed by atoms with van der Waals surface area (Å²) < 4.78 is 27.2. The van der Waals surface area contributed by atoms with E-state index in [2.05, 4.69) is 11.8 Å². The Hall–Kier alpha value is -1.15. The monoisotopic (exact) mass is 399 g/mol. The lowest BCUT2D eigenvalue weighted by molar-refractivity contribution is -0.138. The third-order valence-corrected chi connectivity index (χ3v) is 7.45. The zero-order chi connectivity index (χ0) is 18.7. The van der Waals surface area contributed by atoms with Crippen molar-refractivity contribution in [1.82, 2.24) is 14.1 Å². The maximum Gasteiger partial charge on any atom is 0.243 e. The van der Waals surface area contributed by atoms with Crippen LogP contribution in [0.3, 0.4) is 0 Å². The lowest BCUT2D eigenvalue weighted by Crippen LogP contribution is -2.52. The molecule has 0 saturated carbocycles. The van der Waals surface area contributed by atoms with Crippen molar-refractivity contribution in [3.8, 4) is 0 Å². The highest BCUT2D eigenvalue weighted by atomic mass is 35.5. The lowest BCUT2D eigenvalue weighted by Gasteiger charge is -2.38. The Bertz CT molecular complexity index is 731. The maximum atomic E-state index is 12.9. The molecule has 1 aromatic rings. The Balaban J connectivity index is 1.67. The number of hydrogen-bond acceptors (Lipinski definition) is 4. The summed E-state index contributed by atoms with van der Waals surface area (Å²) in [5.41, 5.74) is 0. The average molecular weight is 400 g/mol. The summed E-state index contributed by atoms with van der Waals surface area (Å²) in [6, 6.07) is 6.20. The van der Waals surface area contributed by atoms with Crippen LogP contribution in [-0.2, 0) is 14.8 Å². The predicted octanol–water partition coefficient (Wildman–Crippen LogP) is 1.90. The average Bonchev–Trinajstić information content (AvgIpc) is 2.68. The van der Waals surface area contributed by atoms with Crippen molar-refractivity contribution in [2.75, 3.05) is 45.8 Å². The van der Waals surface area contributed by atoms with Crippen LogP contribution in [0, 0.1) is 5.92 Å². The van der Waals surface area contributed by atoms with Crippen LogP contribution in [-0.4, -0.2) is 74.2 Å². The molecule has 26 heavy (non-hydrogen) atoms. The number of carbonyl (C=O) groups is 1. The van der Waals surface area contributed by atoms with Crippen molar-refractivity contribution in [2.45, 2.75) is 24.7 Å². The molecule has 8 heteroatoms. The minimum atomic E-state index is -3.59. The summed E-state index contributed by atoms with van der Waals surface area (Å²) in [6.07, 6.45) is 1.46. The van der Waals surface area contributed by atoms with Gasteiger partial charge in [-0.1, -0.05) is 18.5 Å². The molecule has 2 saturated heterocycles. The minimum Gasteiger partial charge on any atom is -0.340 e.